The van der Waals surface area contributed by atoms with Gasteiger partial charge in [0.25, 0.3) is 0 Å². The highest BCUT2D eigenvalue weighted by molar-refractivity contribution is 6.02. The Bertz CT molecular complexity index is 639. The van der Waals surface area contributed by atoms with Gasteiger partial charge in [-0.05, 0) is 50.9 Å². The molecule has 0 radical (unpaired) electrons. The molecule has 2 aliphatic heterocycles. The van der Waals surface area contributed by atoms with Crippen LogP contribution < -0.4 is 9.47 Å². The van der Waals surface area contributed by atoms with E-state index in [-0.39, 0.29) is 5.60 Å². The van der Waals surface area contributed by atoms with Gasteiger partial charge in [-0.1, -0.05) is 5.16 Å². The van der Waals surface area contributed by atoms with E-state index in [1.165, 1.54) is 12.8 Å². The summed E-state index contributed by atoms with van der Waals surface area (Å²) in [5, 5.41) is 4.40. The number of likely N-dealkylation sites (N-methyl/N-ethyl adjacent to an activating group) is 1. The number of hydrogen-bond acceptors (Lipinski definition) is 5. The van der Waals surface area contributed by atoms with Crippen LogP contribution in [0.15, 0.2) is 23.4 Å². The Morgan fingerprint density at radius 1 is 1.25 bits per heavy atom. The first-order valence-electron chi connectivity index (χ1n) is 8.96. The van der Waals surface area contributed by atoms with Crippen LogP contribution in [0.4, 0.5) is 0 Å². The van der Waals surface area contributed by atoms with Crippen LogP contribution in [0.25, 0.3) is 0 Å². The highest BCUT2D eigenvalue weighted by Gasteiger charge is 2.44. The summed E-state index contributed by atoms with van der Waals surface area (Å²) >= 11 is 0. The van der Waals surface area contributed by atoms with Gasteiger partial charge in [0.1, 0.15) is 0 Å². The minimum Gasteiger partial charge on any atom is -0.493 e. The van der Waals surface area contributed by atoms with E-state index < -0.39 is 0 Å². The molecule has 0 bridgehead atoms. The Labute approximate surface area is 143 Å². The van der Waals surface area contributed by atoms with Crippen molar-refractivity contribution in [3.63, 3.8) is 0 Å². The number of oxime groups is 1. The third kappa shape index (κ3) is 2.97. The second-order valence-electron chi connectivity index (χ2n) is 7.37. The fourth-order valence-electron chi connectivity index (χ4n) is 4.07. The molecule has 24 heavy (non-hydrogen) atoms. The van der Waals surface area contributed by atoms with Crippen molar-refractivity contribution in [2.45, 2.75) is 50.2 Å². The second-order valence-corrected chi connectivity index (χ2v) is 7.37. The highest BCUT2D eigenvalue weighted by Crippen LogP contribution is 2.37. The molecule has 0 N–H and O–H groups in total. The summed E-state index contributed by atoms with van der Waals surface area (Å²) in [6.45, 7) is 2.02. The Morgan fingerprint density at radius 3 is 2.79 bits per heavy atom. The largest absolute Gasteiger partial charge is 0.493 e. The number of nitrogens with zero attached hydrogens (tertiary/aromatic N) is 2. The molecule has 1 unspecified atom stereocenters. The van der Waals surface area contributed by atoms with Gasteiger partial charge in [-0.2, -0.15) is 0 Å². The Hall–Kier alpha value is -1.75. The summed E-state index contributed by atoms with van der Waals surface area (Å²) in [5.41, 5.74) is 1.97. The maximum atomic E-state index is 6.20. The summed E-state index contributed by atoms with van der Waals surface area (Å²) in [7, 11) is 3.83. The molecule has 5 nitrogen and oxygen atoms in total. The van der Waals surface area contributed by atoms with Crippen LogP contribution in [0.1, 0.15) is 44.1 Å². The number of rotatable bonds is 4. The van der Waals surface area contributed by atoms with E-state index in [0.29, 0.717) is 6.10 Å². The van der Waals surface area contributed by atoms with E-state index in [4.69, 9.17) is 14.3 Å². The van der Waals surface area contributed by atoms with E-state index in [1.807, 2.05) is 6.07 Å². The molecule has 1 aliphatic carbocycles. The Morgan fingerprint density at radius 2 is 2.08 bits per heavy atom. The van der Waals surface area contributed by atoms with Crippen LogP contribution in [0.5, 0.6) is 11.5 Å². The molecule has 4 rings (SSSR count). The normalized spacial score (nSPS) is 27.5. The smallest absolute Gasteiger partial charge is 0.162 e. The molecule has 1 aromatic carbocycles. The molecule has 1 atom stereocenters. The molecule has 130 valence electrons. The lowest BCUT2D eigenvalue weighted by Gasteiger charge is -2.20. The Balaban J connectivity index is 1.53. The number of methoxy groups -OCH3 is 1. The minimum atomic E-state index is -0.128. The molecule has 1 saturated heterocycles. The first-order valence-corrected chi connectivity index (χ1v) is 8.96. The zero-order valence-corrected chi connectivity index (χ0v) is 14.6. The van der Waals surface area contributed by atoms with Crippen molar-refractivity contribution >= 4 is 5.71 Å². The van der Waals surface area contributed by atoms with Gasteiger partial charge < -0.3 is 19.2 Å². The summed E-state index contributed by atoms with van der Waals surface area (Å²) in [4.78, 5) is 8.15. The van der Waals surface area contributed by atoms with E-state index in [9.17, 15) is 0 Å². The molecule has 5 heteroatoms. The van der Waals surface area contributed by atoms with Crippen molar-refractivity contribution < 1.29 is 14.3 Å². The standard InChI is InChI=1S/C19H26N2O3/c1-21-10-9-19(13-21)12-16(20-24-19)14-7-8-17(22-2)18(11-14)23-15-5-3-4-6-15/h7-8,11,15H,3-6,9-10,12-13H2,1-2H3. The fourth-order valence-corrected chi connectivity index (χ4v) is 4.07. The monoisotopic (exact) mass is 330 g/mol. The minimum absolute atomic E-state index is 0.128. The van der Waals surface area contributed by atoms with Crippen LogP contribution in [0.2, 0.25) is 0 Å². The van der Waals surface area contributed by atoms with Crippen molar-refractivity contribution in [1.82, 2.24) is 4.90 Å². The molecule has 1 spiro atoms. The number of likely N-dealkylation sites (tertiary alicyclic amines) is 1. The van der Waals surface area contributed by atoms with Gasteiger partial charge in [-0.25, -0.2) is 0 Å². The van der Waals surface area contributed by atoms with E-state index in [0.717, 1.165) is 61.5 Å². The fraction of sp³-hybridized carbons (Fsp3) is 0.632. The van der Waals surface area contributed by atoms with Crippen LogP contribution in [-0.4, -0.2) is 49.6 Å². The molecule has 1 saturated carbocycles. The quantitative estimate of drug-likeness (QED) is 0.850. The molecule has 0 amide bonds. The summed E-state index contributed by atoms with van der Waals surface area (Å²) in [5.74, 6) is 1.62. The zero-order valence-electron chi connectivity index (χ0n) is 14.6. The van der Waals surface area contributed by atoms with Crippen molar-refractivity contribution in [2.24, 2.45) is 5.16 Å². The molecule has 3 aliphatic rings. The van der Waals surface area contributed by atoms with Crippen molar-refractivity contribution in [1.29, 1.82) is 0 Å². The lowest BCUT2D eigenvalue weighted by Crippen LogP contribution is -2.32. The lowest BCUT2D eigenvalue weighted by atomic mass is 9.93. The Kier molecular flexibility index (Phi) is 4.12. The predicted octanol–water partition coefficient (Wildman–Crippen LogP) is 3.22. The lowest BCUT2D eigenvalue weighted by molar-refractivity contribution is -0.00837. The van der Waals surface area contributed by atoms with Gasteiger partial charge in [0, 0.05) is 31.5 Å². The van der Waals surface area contributed by atoms with Crippen LogP contribution >= 0.6 is 0 Å². The van der Waals surface area contributed by atoms with E-state index >= 15 is 0 Å². The van der Waals surface area contributed by atoms with Gasteiger partial charge in [-0.15, -0.1) is 0 Å². The predicted molar refractivity (Wildman–Crippen MR) is 93.0 cm³/mol. The first-order chi connectivity index (χ1) is 11.7. The molecule has 2 heterocycles. The number of hydrogen-bond donors (Lipinski definition) is 0. The average molecular weight is 330 g/mol. The van der Waals surface area contributed by atoms with E-state index in [2.05, 4.69) is 29.2 Å². The molecular formula is C19H26N2O3. The molecule has 1 aromatic rings. The highest BCUT2D eigenvalue weighted by atomic mass is 16.7. The average Bonchev–Trinajstić information content (AvgIpc) is 3.31. The summed E-state index contributed by atoms with van der Waals surface area (Å²) in [6.07, 6.45) is 6.99. The van der Waals surface area contributed by atoms with Gasteiger partial charge in [0.15, 0.2) is 17.1 Å². The second kappa shape index (κ2) is 6.28. The SMILES string of the molecule is COc1ccc(C2=NOC3(CCN(C)C3)C2)cc1OC1CCCC1. The molecular weight excluding hydrogens is 304 g/mol. The molecule has 0 aromatic heterocycles. The maximum absolute atomic E-state index is 6.20. The van der Waals surface area contributed by atoms with Gasteiger partial charge >= 0.3 is 0 Å². The van der Waals surface area contributed by atoms with Gasteiger partial charge in [-0.3, -0.25) is 0 Å². The zero-order chi connectivity index (χ0) is 16.6. The first kappa shape index (κ1) is 15.8. The van der Waals surface area contributed by atoms with Crippen molar-refractivity contribution in [3.8, 4) is 11.5 Å². The van der Waals surface area contributed by atoms with E-state index in [1.54, 1.807) is 7.11 Å². The number of benzene rings is 1. The van der Waals surface area contributed by atoms with Crippen molar-refractivity contribution in [2.75, 3.05) is 27.2 Å². The van der Waals surface area contributed by atoms with Crippen LogP contribution in [-0.2, 0) is 4.84 Å². The topological polar surface area (TPSA) is 43.3 Å². The van der Waals surface area contributed by atoms with Gasteiger partial charge in [0.2, 0.25) is 0 Å². The van der Waals surface area contributed by atoms with Crippen molar-refractivity contribution in [3.05, 3.63) is 23.8 Å². The number of ether oxygens (including phenoxy) is 2. The van der Waals surface area contributed by atoms with Crippen LogP contribution in [0, 0.1) is 0 Å². The summed E-state index contributed by atoms with van der Waals surface area (Å²) < 4.78 is 11.7. The van der Waals surface area contributed by atoms with Gasteiger partial charge in [0.05, 0.1) is 18.9 Å². The maximum Gasteiger partial charge on any atom is 0.162 e. The third-order valence-electron chi connectivity index (χ3n) is 5.44. The van der Waals surface area contributed by atoms with Crippen LogP contribution in [0.3, 0.4) is 0 Å². The summed E-state index contributed by atoms with van der Waals surface area (Å²) in [6, 6.07) is 6.10. The third-order valence-corrected chi connectivity index (χ3v) is 5.44. The molecule has 2 fully saturated rings.